The topological polar surface area (TPSA) is 46.6 Å². The van der Waals surface area contributed by atoms with Gasteiger partial charge in [-0.25, -0.2) is 4.79 Å². The second-order valence-corrected chi connectivity index (χ2v) is 2.50. The molecule has 0 aromatic carbocycles. The molecular formula is C8H13NO3. The van der Waals surface area contributed by atoms with Gasteiger partial charge < -0.3 is 9.64 Å². The highest BCUT2D eigenvalue weighted by Crippen LogP contribution is 1.95. The molecule has 0 spiro atoms. The molecule has 0 N–H and O–H groups in total. The van der Waals surface area contributed by atoms with Gasteiger partial charge in [0.1, 0.15) is 12.4 Å². The molecule has 1 unspecified atom stereocenters. The fourth-order valence-corrected chi connectivity index (χ4v) is 0.506. The Labute approximate surface area is 71.8 Å². The lowest BCUT2D eigenvalue weighted by Crippen LogP contribution is -2.25. The predicted octanol–water partition coefficient (Wildman–Crippen LogP) is 0.828. The summed E-state index contributed by atoms with van der Waals surface area (Å²) in [4.78, 5) is 22.1. The molecule has 0 aromatic rings. The van der Waals surface area contributed by atoms with Gasteiger partial charge in [-0.05, 0) is 19.1 Å². The van der Waals surface area contributed by atoms with Crippen LogP contribution in [0.4, 0.5) is 4.79 Å². The van der Waals surface area contributed by atoms with Crippen LogP contribution in [0.1, 0.15) is 6.92 Å². The first-order valence-corrected chi connectivity index (χ1v) is 3.58. The normalized spacial score (nSPS) is 12.6. The quantitative estimate of drug-likeness (QED) is 0.466. The van der Waals surface area contributed by atoms with Crippen LogP contribution < -0.4 is 0 Å². The van der Waals surface area contributed by atoms with E-state index in [1.807, 2.05) is 0 Å². The molecule has 1 amide bonds. The summed E-state index contributed by atoms with van der Waals surface area (Å²) < 4.78 is 4.86. The number of carbonyl (C=O) groups excluding carboxylic acids is 2. The summed E-state index contributed by atoms with van der Waals surface area (Å²) in [6.45, 7) is 1.68. The van der Waals surface area contributed by atoms with Crippen LogP contribution in [0.5, 0.6) is 0 Å². The Morgan fingerprint density at radius 1 is 1.50 bits per heavy atom. The van der Waals surface area contributed by atoms with Gasteiger partial charge in [0, 0.05) is 14.1 Å². The largest absolute Gasteiger partial charge is 0.442 e. The van der Waals surface area contributed by atoms with Crippen LogP contribution in [0.2, 0.25) is 0 Å². The average molecular weight is 171 g/mol. The number of nitrogens with zero attached hydrogens (tertiary/aromatic N) is 1. The minimum absolute atomic E-state index is 0.370. The van der Waals surface area contributed by atoms with Gasteiger partial charge in [0.15, 0.2) is 0 Å². The number of aldehydes is 1. The number of rotatable bonds is 3. The van der Waals surface area contributed by atoms with E-state index in [0.29, 0.717) is 6.29 Å². The fraction of sp³-hybridized carbons (Fsp3) is 0.500. The Balaban J connectivity index is 3.83. The van der Waals surface area contributed by atoms with Crippen LogP contribution in [-0.2, 0) is 9.53 Å². The van der Waals surface area contributed by atoms with Crippen LogP contribution in [0.3, 0.4) is 0 Å². The second-order valence-electron chi connectivity index (χ2n) is 2.50. The van der Waals surface area contributed by atoms with E-state index in [0.717, 1.165) is 0 Å². The van der Waals surface area contributed by atoms with Crippen LogP contribution in [0.15, 0.2) is 12.2 Å². The van der Waals surface area contributed by atoms with Crippen molar-refractivity contribution in [1.82, 2.24) is 4.90 Å². The molecule has 12 heavy (non-hydrogen) atoms. The lowest BCUT2D eigenvalue weighted by molar-refractivity contribution is -0.104. The lowest BCUT2D eigenvalue weighted by Gasteiger charge is -2.13. The number of allylic oxidation sites excluding steroid dienone is 1. The first kappa shape index (κ1) is 10.7. The molecule has 0 aliphatic carbocycles. The van der Waals surface area contributed by atoms with Gasteiger partial charge in [-0.2, -0.15) is 0 Å². The van der Waals surface area contributed by atoms with E-state index in [1.54, 1.807) is 21.0 Å². The first-order valence-electron chi connectivity index (χ1n) is 3.58. The molecule has 1 atom stereocenters. The summed E-state index contributed by atoms with van der Waals surface area (Å²) >= 11 is 0. The Morgan fingerprint density at radius 2 is 2.08 bits per heavy atom. The van der Waals surface area contributed by atoms with Gasteiger partial charge in [0.2, 0.25) is 0 Å². The van der Waals surface area contributed by atoms with Crippen molar-refractivity contribution in [3.63, 3.8) is 0 Å². The van der Waals surface area contributed by atoms with Crippen molar-refractivity contribution >= 4 is 12.4 Å². The zero-order valence-electron chi connectivity index (χ0n) is 7.48. The molecule has 0 rings (SSSR count). The maximum absolute atomic E-state index is 10.9. The van der Waals surface area contributed by atoms with E-state index < -0.39 is 6.09 Å². The molecule has 0 bridgehead atoms. The third kappa shape index (κ3) is 4.49. The number of amides is 1. The van der Waals surface area contributed by atoms with Crippen molar-refractivity contribution in [2.45, 2.75) is 13.0 Å². The SMILES string of the molecule is CC(C=CC=O)OC(=O)N(C)C. The van der Waals surface area contributed by atoms with Crippen molar-refractivity contribution in [2.24, 2.45) is 0 Å². The van der Waals surface area contributed by atoms with E-state index in [1.165, 1.54) is 17.1 Å². The van der Waals surface area contributed by atoms with E-state index in [4.69, 9.17) is 4.74 Å². The third-order valence-corrected chi connectivity index (χ3v) is 1.11. The van der Waals surface area contributed by atoms with Gasteiger partial charge in [-0.3, -0.25) is 4.79 Å². The minimum Gasteiger partial charge on any atom is -0.442 e. The Kier molecular flexibility index (Phi) is 4.76. The number of hydrogen-bond acceptors (Lipinski definition) is 3. The molecule has 0 saturated heterocycles. The van der Waals surface area contributed by atoms with E-state index in [9.17, 15) is 9.59 Å². The Hall–Kier alpha value is -1.32. The van der Waals surface area contributed by atoms with Crippen LogP contribution in [-0.4, -0.2) is 37.5 Å². The highest BCUT2D eigenvalue weighted by Gasteiger charge is 2.07. The Morgan fingerprint density at radius 3 is 2.50 bits per heavy atom. The zero-order valence-corrected chi connectivity index (χ0v) is 7.48. The summed E-state index contributed by atoms with van der Waals surface area (Å²) in [6.07, 6.45) is 2.66. The predicted molar refractivity (Wildman–Crippen MR) is 44.8 cm³/mol. The van der Waals surface area contributed by atoms with Gasteiger partial charge >= 0.3 is 6.09 Å². The molecule has 4 nitrogen and oxygen atoms in total. The van der Waals surface area contributed by atoms with E-state index in [-0.39, 0.29) is 6.10 Å². The van der Waals surface area contributed by atoms with Gasteiger partial charge in [-0.15, -0.1) is 0 Å². The summed E-state index contributed by atoms with van der Waals surface area (Å²) in [5.74, 6) is 0. The molecule has 0 aliphatic rings. The fourth-order valence-electron chi connectivity index (χ4n) is 0.506. The number of hydrogen-bond donors (Lipinski definition) is 0. The monoisotopic (exact) mass is 171 g/mol. The highest BCUT2D eigenvalue weighted by molar-refractivity contribution is 5.68. The second kappa shape index (κ2) is 5.35. The number of ether oxygens (including phenoxy) is 1. The van der Waals surface area contributed by atoms with Crippen LogP contribution in [0, 0.1) is 0 Å². The summed E-state index contributed by atoms with van der Waals surface area (Å²) in [6, 6.07) is 0. The van der Waals surface area contributed by atoms with Crippen molar-refractivity contribution in [3.05, 3.63) is 12.2 Å². The smallest absolute Gasteiger partial charge is 0.409 e. The maximum atomic E-state index is 10.9. The molecule has 0 aliphatic heterocycles. The van der Waals surface area contributed by atoms with Crippen LogP contribution in [0.25, 0.3) is 0 Å². The molecule has 4 heteroatoms. The third-order valence-electron chi connectivity index (χ3n) is 1.11. The summed E-state index contributed by atoms with van der Waals surface area (Å²) in [5, 5.41) is 0. The van der Waals surface area contributed by atoms with E-state index >= 15 is 0 Å². The van der Waals surface area contributed by atoms with Crippen LogP contribution >= 0.6 is 0 Å². The molecule has 0 radical (unpaired) electrons. The van der Waals surface area contributed by atoms with Crippen molar-refractivity contribution in [3.8, 4) is 0 Å². The van der Waals surface area contributed by atoms with Crippen molar-refractivity contribution < 1.29 is 14.3 Å². The Bertz CT molecular complexity index is 187. The first-order chi connectivity index (χ1) is 5.57. The zero-order chi connectivity index (χ0) is 9.56. The van der Waals surface area contributed by atoms with Gasteiger partial charge in [0.05, 0.1) is 0 Å². The molecule has 68 valence electrons. The summed E-state index contributed by atoms with van der Waals surface area (Å²) in [5.41, 5.74) is 0. The van der Waals surface area contributed by atoms with Gasteiger partial charge in [-0.1, -0.05) is 0 Å². The molecule has 0 aromatic heterocycles. The van der Waals surface area contributed by atoms with Crippen molar-refractivity contribution in [2.75, 3.05) is 14.1 Å². The van der Waals surface area contributed by atoms with E-state index in [2.05, 4.69) is 0 Å². The standard InChI is InChI=1S/C8H13NO3/c1-7(5-4-6-10)12-8(11)9(2)3/h4-7H,1-3H3. The molecule has 0 saturated carbocycles. The van der Waals surface area contributed by atoms with Crippen molar-refractivity contribution in [1.29, 1.82) is 0 Å². The average Bonchev–Trinajstić information content (AvgIpc) is 2.00. The number of carbonyl (C=O) groups is 2. The summed E-state index contributed by atoms with van der Waals surface area (Å²) in [7, 11) is 3.19. The highest BCUT2D eigenvalue weighted by atomic mass is 16.6. The molecular weight excluding hydrogens is 158 g/mol. The maximum Gasteiger partial charge on any atom is 0.409 e. The lowest BCUT2D eigenvalue weighted by atomic mass is 10.4. The molecule has 0 heterocycles. The molecule has 0 fully saturated rings. The van der Waals surface area contributed by atoms with Gasteiger partial charge in [0.25, 0.3) is 0 Å². The minimum atomic E-state index is -0.418.